The third-order valence-electron chi connectivity index (χ3n) is 6.33. The van der Waals surface area contributed by atoms with Crippen molar-refractivity contribution < 1.29 is 4.52 Å². The molecule has 170 valence electrons. The third kappa shape index (κ3) is 7.37. The first-order valence-corrected chi connectivity index (χ1v) is 12.2. The van der Waals surface area contributed by atoms with Gasteiger partial charge >= 0.3 is 0 Å². The second kappa shape index (κ2) is 12.5. The number of aromatic nitrogens is 2. The van der Waals surface area contributed by atoms with Crippen molar-refractivity contribution in [3.05, 3.63) is 35.7 Å². The number of nitrogens with two attached hydrogens (primary N) is 1. The Morgan fingerprint density at radius 2 is 1.74 bits per heavy atom. The lowest BCUT2D eigenvalue weighted by molar-refractivity contribution is 0.257. The maximum Gasteiger partial charge on any atom is 0.231 e. The van der Waals surface area contributed by atoms with E-state index >= 15 is 0 Å². The van der Waals surface area contributed by atoms with Gasteiger partial charge < -0.3 is 15.2 Å². The van der Waals surface area contributed by atoms with Gasteiger partial charge in [0.15, 0.2) is 5.96 Å². The number of nitrogens with one attached hydrogen (secondary N) is 1. The Balaban J connectivity index is 1.41. The molecule has 31 heavy (non-hydrogen) atoms. The Bertz CT molecular complexity index is 785. The highest BCUT2D eigenvalue weighted by atomic mass is 16.5. The van der Waals surface area contributed by atoms with Gasteiger partial charge in [0.2, 0.25) is 11.7 Å². The van der Waals surface area contributed by atoms with Gasteiger partial charge in [-0.1, -0.05) is 87.7 Å². The van der Waals surface area contributed by atoms with Crippen molar-refractivity contribution in [3.63, 3.8) is 0 Å². The van der Waals surface area contributed by atoms with E-state index in [-0.39, 0.29) is 11.9 Å². The molecule has 1 aromatic heterocycles. The van der Waals surface area contributed by atoms with Crippen LogP contribution in [-0.4, -0.2) is 34.1 Å². The predicted octanol–water partition coefficient (Wildman–Crippen LogP) is 5.88. The molecule has 6 nitrogen and oxygen atoms in total. The molecule has 1 aliphatic rings. The number of nitrogens with zero attached hydrogens (tertiary/aromatic N) is 3. The minimum absolute atomic E-state index is 0.118. The average Bonchev–Trinajstić information content (AvgIpc) is 3.29. The summed E-state index contributed by atoms with van der Waals surface area (Å²) in [6, 6.07) is 8.57. The molecule has 1 aliphatic heterocycles. The zero-order valence-electron chi connectivity index (χ0n) is 19.1. The van der Waals surface area contributed by atoms with E-state index in [4.69, 9.17) is 15.7 Å². The summed E-state index contributed by atoms with van der Waals surface area (Å²) in [5, 5.41) is 11.8. The molecule has 3 rings (SSSR count). The van der Waals surface area contributed by atoms with E-state index in [9.17, 15) is 0 Å². The molecular weight excluding hydrogens is 386 g/mol. The number of unbranched alkanes of at least 4 members (excludes halogenated alkanes) is 8. The molecule has 0 aliphatic carbocycles. The fourth-order valence-corrected chi connectivity index (χ4v) is 4.38. The summed E-state index contributed by atoms with van der Waals surface area (Å²) in [7, 11) is 0. The van der Waals surface area contributed by atoms with Gasteiger partial charge in [-0.25, -0.2) is 0 Å². The molecule has 2 aromatic rings. The number of rotatable bonds is 12. The van der Waals surface area contributed by atoms with Crippen LogP contribution in [0.15, 0.2) is 28.8 Å². The smallest absolute Gasteiger partial charge is 0.231 e. The first kappa shape index (κ1) is 23.3. The highest BCUT2D eigenvalue weighted by Crippen LogP contribution is 2.27. The molecule has 1 aromatic carbocycles. The van der Waals surface area contributed by atoms with Gasteiger partial charge in [0.1, 0.15) is 0 Å². The van der Waals surface area contributed by atoms with Crippen LogP contribution >= 0.6 is 0 Å². The van der Waals surface area contributed by atoms with Gasteiger partial charge in [-0.15, -0.1) is 0 Å². The van der Waals surface area contributed by atoms with Crippen molar-refractivity contribution in [2.24, 2.45) is 5.73 Å². The highest BCUT2D eigenvalue weighted by molar-refractivity contribution is 5.74. The largest absolute Gasteiger partial charge is 0.370 e. The van der Waals surface area contributed by atoms with Gasteiger partial charge in [0.05, 0.1) is 5.92 Å². The summed E-state index contributed by atoms with van der Waals surface area (Å²) in [5.41, 5.74) is 8.01. The van der Waals surface area contributed by atoms with Crippen molar-refractivity contribution in [3.8, 4) is 11.4 Å². The van der Waals surface area contributed by atoms with Crippen LogP contribution < -0.4 is 5.73 Å². The van der Waals surface area contributed by atoms with E-state index < -0.39 is 0 Å². The van der Waals surface area contributed by atoms with Crippen molar-refractivity contribution in [2.45, 2.75) is 89.9 Å². The topological polar surface area (TPSA) is 92.0 Å². The van der Waals surface area contributed by atoms with Crippen LogP contribution in [0.25, 0.3) is 11.4 Å². The molecule has 0 bridgehead atoms. The maximum absolute atomic E-state index is 7.65. The summed E-state index contributed by atoms with van der Waals surface area (Å²) in [5.74, 6) is 1.56. The second-order valence-corrected chi connectivity index (χ2v) is 8.90. The Hall–Kier alpha value is -2.37. The van der Waals surface area contributed by atoms with Crippen LogP contribution in [0.5, 0.6) is 0 Å². The Morgan fingerprint density at radius 3 is 2.42 bits per heavy atom. The molecule has 0 amide bonds. The Labute approximate surface area is 187 Å². The van der Waals surface area contributed by atoms with Gasteiger partial charge in [0, 0.05) is 18.7 Å². The summed E-state index contributed by atoms with van der Waals surface area (Å²) < 4.78 is 5.55. The Morgan fingerprint density at radius 1 is 1.06 bits per heavy atom. The summed E-state index contributed by atoms with van der Waals surface area (Å²) >= 11 is 0. The number of hydrogen-bond acceptors (Lipinski definition) is 4. The van der Waals surface area contributed by atoms with E-state index in [0.29, 0.717) is 18.3 Å². The number of hydrogen-bond donors (Lipinski definition) is 2. The van der Waals surface area contributed by atoms with Gasteiger partial charge in [-0.3, -0.25) is 5.41 Å². The third-order valence-corrected chi connectivity index (χ3v) is 6.33. The maximum atomic E-state index is 7.65. The number of likely N-dealkylation sites (tertiary alicyclic amines) is 1. The fourth-order valence-electron chi connectivity index (χ4n) is 4.38. The molecule has 6 heteroatoms. The predicted molar refractivity (Wildman–Crippen MR) is 126 cm³/mol. The fraction of sp³-hybridized carbons (Fsp3) is 0.640. The van der Waals surface area contributed by atoms with Crippen LogP contribution in [-0.2, 0) is 6.42 Å². The summed E-state index contributed by atoms with van der Waals surface area (Å²) in [4.78, 5) is 6.51. The summed E-state index contributed by atoms with van der Waals surface area (Å²) in [6.07, 6.45) is 15.4. The molecule has 1 fully saturated rings. The lowest BCUT2D eigenvalue weighted by Gasteiger charge is -2.30. The van der Waals surface area contributed by atoms with Crippen molar-refractivity contribution >= 4 is 5.96 Å². The SMILES string of the molecule is CCCCCCCCCCCc1ccc(-c2noc([C@@H]3CCCN(C(=N)N)C3)n2)cc1. The molecular formula is C25H39N5O. The number of aryl methyl sites for hydroxylation is 1. The first-order chi connectivity index (χ1) is 15.2. The lowest BCUT2D eigenvalue weighted by atomic mass is 9.98. The van der Waals surface area contributed by atoms with Crippen LogP contribution in [0.1, 0.15) is 94.9 Å². The van der Waals surface area contributed by atoms with Gasteiger partial charge in [0.25, 0.3) is 0 Å². The summed E-state index contributed by atoms with van der Waals surface area (Å²) in [6.45, 7) is 3.77. The number of benzene rings is 1. The zero-order valence-corrected chi connectivity index (χ0v) is 19.1. The molecule has 0 radical (unpaired) electrons. The quantitative estimate of drug-likeness (QED) is 0.251. The monoisotopic (exact) mass is 425 g/mol. The minimum atomic E-state index is 0.118. The average molecular weight is 426 g/mol. The normalized spacial score (nSPS) is 16.5. The van der Waals surface area contributed by atoms with Crippen molar-refractivity contribution in [1.29, 1.82) is 5.41 Å². The number of guanidine groups is 1. The van der Waals surface area contributed by atoms with E-state index in [1.165, 1.54) is 63.4 Å². The molecule has 3 N–H and O–H groups in total. The van der Waals surface area contributed by atoms with E-state index in [2.05, 4.69) is 41.3 Å². The van der Waals surface area contributed by atoms with E-state index in [1.807, 2.05) is 4.90 Å². The van der Waals surface area contributed by atoms with E-state index in [1.54, 1.807) is 0 Å². The van der Waals surface area contributed by atoms with Crippen molar-refractivity contribution in [2.75, 3.05) is 13.1 Å². The number of piperidine rings is 1. The molecule has 0 spiro atoms. The standard InChI is InChI=1S/C25H39N5O/c1-2-3-4-5-6-7-8-9-10-12-20-14-16-21(17-15-20)23-28-24(31-29-23)22-13-11-18-30(19-22)25(26)27/h14-17,22H,2-13,18-19H2,1H3,(H3,26,27)/t22-/m1/s1. The molecule has 1 atom stereocenters. The van der Waals surface area contributed by atoms with Crippen molar-refractivity contribution in [1.82, 2.24) is 15.0 Å². The van der Waals surface area contributed by atoms with Gasteiger partial charge in [-0.2, -0.15) is 4.98 Å². The van der Waals surface area contributed by atoms with Crippen LogP contribution in [0.3, 0.4) is 0 Å². The van der Waals surface area contributed by atoms with Gasteiger partial charge in [-0.05, 0) is 31.2 Å². The van der Waals surface area contributed by atoms with Crippen LogP contribution in [0.4, 0.5) is 0 Å². The Kier molecular flexibility index (Phi) is 9.38. The minimum Gasteiger partial charge on any atom is -0.370 e. The molecule has 1 saturated heterocycles. The molecule has 0 saturated carbocycles. The van der Waals surface area contributed by atoms with E-state index in [0.717, 1.165) is 31.4 Å². The highest BCUT2D eigenvalue weighted by Gasteiger charge is 2.26. The lowest BCUT2D eigenvalue weighted by Crippen LogP contribution is -2.42. The first-order valence-electron chi connectivity index (χ1n) is 12.2. The molecule has 2 heterocycles. The van der Waals surface area contributed by atoms with Crippen LogP contribution in [0.2, 0.25) is 0 Å². The molecule has 0 unspecified atom stereocenters. The van der Waals surface area contributed by atoms with Crippen LogP contribution in [0, 0.1) is 5.41 Å². The zero-order chi connectivity index (χ0) is 21.9. The second-order valence-electron chi connectivity index (χ2n) is 8.90.